The largest absolute Gasteiger partial charge is 0.461 e. The highest BCUT2D eigenvalue weighted by Gasteiger charge is 2.39. The van der Waals surface area contributed by atoms with Gasteiger partial charge in [-0.25, -0.2) is 0 Å². The lowest BCUT2D eigenvalue weighted by Gasteiger charge is -2.18. The number of ether oxygens (including phenoxy) is 1. The summed E-state index contributed by atoms with van der Waals surface area (Å²) in [6.07, 6.45) is 2.01. The maximum absolute atomic E-state index is 11.6. The average Bonchev–Trinajstić information content (AvgIpc) is 2.46. The first-order valence-corrected chi connectivity index (χ1v) is 6.68. The van der Waals surface area contributed by atoms with Crippen LogP contribution in [-0.2, 0) is 9.53 Å². The number of alkyl halides is 1. The molecular weight excluding hydrogens is 256 g/mol. The monoisotopic (exact) mass is 276 g/mol. The van der Waals surface area contributed by atoms with E-state index >= 15 is 0 Å². The molecule has 3 atom stereocenters. The number of cyclic esters (lactones) is 1. The number of carbonyl (C=O) groups is 1. The molecule has 0 aromatic heterocycles. The highest BCUT2D eigenvalue weighted by atomic mass is 79.9. The molecule has 0 bridgehead atoms. The van der Waals surface area contributed by atoms with Crippen LogP contribution in [0.4, 0.5) is 0 Å². The van der Waals surface area contributed by atoms with E-state index in [1.165, 1.54) is 0 Å². The predicted octanol–water partition coefficient (Wildman–Crippen LogP) is 3.38. The normalized spacial score (nSPS) is 28.6. The van der Waals surface area contributed by atoms with Gasteiger partial charge in [-0.2, -0.15) is 0 Å². The van der Waals surface area contributed by atoms with Crippen molar-refractivity contribution in [2.45, 2.75) is 51.5 Å². The fourth-order valence-electron chi connectivity index (χ4n) is 2.00. The van der Waals surface area contributed by atoms with Crippen molar-refractivity contribution in [1.29, 1.82) is 0 Å². The summed E-state index contributed by atoms with van der Waals surface area (Å²) in [5.74, 6) is 1.11. The number of hydrogen-bond donors (Lipinski definition) is 0. The van der Waals surface area contributed by atoms with Gasteiger partial charge in [0.1, 0.15) is 6.10 Å². The van der Waals surface area contributed by atoms with E-state index < -0.39 is 0 Å². The van der Waals surface area contributed by atoms with Crippen LogP contribution in [-0.4, -0.2) is 16.9 Å². The minimum absolute atomic E-state index is 0.0109. The van der Waals surface area contributed by atoms with Gasteiger partial charge in [-0.3, -0.25) is 4.79 Å². The maximum atomic E-state index is 11.6. The van der Waals surface area contributed by atoms with E-state index in [2.05, 4.69) is 43.6 Å². The highest BCUT2D eigenvalue weighted by Crippen LogP contribution is 2.33. The minimum atomic E-state index is -0.0109. The first-order valence-electron chi connectivity index (χ1n) is 5.76. The van der Waals surface area contributed by atoms with E-state index in [1.54, 1.807) is 0 Å². The quantitative estimate of drug-likeness (QED) is 0.581. The number of esters is 1. The zero-order valence-electron chi connectivity index (χ0n) is 10.00. The molecule has 0 spiro atoms. The molecule has 0 N–H and O–H groups in total. The number of carbonyl (C=O) groups excluding carboxylic acids is 1. The highest BCUT2D eigenvalue weighted by molar-refractivity contribution is 9.09. The SMILES string of the molecule is CC(C)CC(Br)C1C[C@@H](C(C)C)C(=O)O1. The Morgan fingerprint density at radius 1 is 1.40 bits per heavy atom. The number of halogens is 1. The molecule has 0 saturated carbocycles. The molecule has 0 aliphatic carbocycles. The molecular formula is C12H21BrO2. The van der Waals surface area contributed by atoms with Gasteiger partial charge in [-0.05, 0) is 24.7 Å². The molecule has 0 aromatic rings. The topological polar surface area (TPSA) is 26.3 Å². The first kappa shape index (κ1) is 13.0. The third kappa shape index (κ3) is 3.47. The maximum Gasteiger partial charge on any atom is 0.309 e. The van der Waals surface area contributed by atoms with E-state index in [1.807, 2.05) is 0 Å². The molecule has 1 heterocycles. The second-order valence-electron chi connectivity index (χ2n) is 5.21. The number of rotatable bonds is 4. The Hall–Kier alpha value is -0.0500. The molecule has 0 amide bonds. The minimum Gasteiger partial charge on any atom is -0.461 e. The molecule has 88 valence electrons. The molecule has 1 aliphatic rings. The smallest absolute Gasteiger partial charge is 0.309 e. The molecule has 1 rings (SSSR count). The van der Waals surface area contributed by atoms with Crippen LogP contribution in [0, 0.1) is 17.8 Å². The molecule has 2 nitrogen and oxygen atoms in total. The summed E-state index contributed by atoms with van der Waals surface area (Å²) in [5.41, 5.74) is 0. The average molecular weight is 277 g/mol. The van der Waals surface area contributed by atoms with Crippen molar-refractivity contribution in [3.05, 3.63) is 0 Å². The van der Waals surface area contributed by atoms with Crippen molar-refractivity contribution < 1.29 is 9.53 Å². The zero-order valence-corrected chi connectivity index (χ0v) is 11.6. The fraction of sp³-hybridized carbons (Fsp3) is 0.917. The van der Waals surface area contributed by atoms with Gasteiger partial charge < -0.3 is 4.74 Å². The number of hydrogen-bond acceptors (Lipinski definition) is 2. The zero-order chi connectivity index (χ0) is 11.6. The van der Waals surface area contributed by atoms with Crippen molar-refractivity contribution >= 4 is 21.9 Å². The van der Waals surface area contributed by atoms with Gasteiger partial charge in [-0.15, -0.1) is 0 Å². The van der Waals surface area contributed by atoms with Crippen molar-refractivity contribution in [2.75, 3.05) is 0 Å². The van der Waals surface area contributed by atoms with E-state index in [0.29, 0.717) is 16.7 Å². The lowest BCUT2D eigenvalue weighted by molar-refractivity contribution is -0.145. The summed E-state index contributed by atoms with van der Waals surface area (Å²) in [5, 5.41) is 0. The molecule has 1 saturated heterocycles. The van der Waals surface area contributed by atoms with Gasteiger partial charge in [0.05, 0.1) is 10.7 Å². The molecule has 2 unspecified atom stereocenters. The molecule has 0 aromatic carbocycles. The van der Waals surface area contributed by atoms with Crippen molar-refractivity contribution in [2.24, 2.45) is 17.8 Å². The van der Waals surface area contributed by atoms with Crippen LogP contribution in [0.15, 0.2) is 0 Å². The van der Waals surface area contributed by atoms with Gasteiger partial charge in [0.15, 0.2) is 0 Å². The summed E-state index contributed by atoms with van der Waals surface area (Å²) in [6, 6.07) is 0. The Morgan fingerprint density at radius 3 is 2.40 bits per heavy atom. The van der Waals surface area contributed by atoms with Crippen LogP contribution in [0.3, 0.4) is 0 Å². The van der Waals surface area contributed by atoms with Crippen LogP contribution >= 0.6 is 15.9 Å². The predicted molar refractivity (Wildman–Crippen MR) is 65.0 cm³/mol. The van der Waals surface area contributed by atoms with Gasteiger partial charge in [0, 0.05) is 0 Å². The standard InChI is InChI=1S/C12H21BrO2/c1-7(2)5-10(13)11-6-9(8(3)4)12(14)15-11/h7-11H,5-6H2,1-4H3/t9-,10?,11?/m0/s1. The summed E-state index contributed by atoms with van der Waals surface area (Å²) in [7, 11) is 0. The Labute approximate surface area is 101 Å². The van der Waals surface area contributed by atoms with Crippen LogP contribution in [0.1, 0.15) is 40.5 Å². The third-order valence-electron chi connectivity index (χ3n) is 2.96. The Kier molecular flexibility index (Phi) is 4.63. The van der Waals surface area contributed by atoms with E-state index in [-0.39, 0.29) is 18.0 Å². The second kappa shape index (κ2) is 5.33. The van der Waals surface area contributed by atoms with Crippen LogP contribution < -0.4 is 0 Å². The summed E-state index contributed by atoms with van der Waals surface area (Å²) in [6.45, 7) is 8.54. The van der Waals surface area contributed by atoms with Gasteiger partial charge in [0.25, 0.3) is 0 Å². The van der Waals surface area contributed by atoms with E-state index in [4.69, 9.17) is 4.74 Å². The van der Waals surface area contributed by atoms with Gasteiger partial charge in [-0.1, -0.05) is 43.6 Å². The van der Waals surface area contributed by atoms with Crippen LogP contribution in [0.2, 0.25) is 0 Å². The van der Waals surface area contributed by atoms with Crippen LogP contribution in [0.5, 0.6) is 0 Å². The van der Waals surface area contributed by atoms with Gasteiger partial charge >= 0.3 is 5.97 Å². The Bertz CT molecular complexity index is 226. The summed E-state index contributed by atoms with van der Waals surface area (Å²) < 4.78 is 5.41. The summed E-state index contributed by atoms with van der Waals surface area (Å²) >= 11 is 3.63. The van der Waals surface area contributed by atoms with E-state index in [9.17, 15) is 4.79 Å². The molecule has 3 heteroatoms. The van der Waals surface area contributed by atoms with Crippen molar-refractivity contribution in [3.8, 4) is 0 Å². The van der Waals surface area contributed by atoms with Gasteiger partial charge in [0.2, 0.25) is 0 Å². The fourth-order valence-corrected chi connectivity index (χ4v) is 3.07. The molecule has 15 heavy (non-hydrogen) atoms. The van der Waals surface area contributed by atoms with Crippen molar-refractivity contribution in [3.63, 3.8) is 0 Å². The third-order valence-corrected chi connectivity index (χ3v) is 3.92. The summed E-state index contributed by atoms with van der Waals surface area (Å²) in [4.78, 5) is 11.9. The lowest BCUT2D eigenvalue weighted by Crippen LogP contribution is -2.21. The second-order valence-corrected chi connectivity index (χ2v) is 6.38. The van der Waals surface area contributed by atoms with E-state index in [0.717, 1.165) is 12.8 Å². The van der Waals surface area contributed by atoms with Crippen molar-refractivity contribution in [1.82, 2.24) is 0 Å². The molecule has 1 fully saturated rings. The Morgan fingerprint density at radius 2 is 2.00 bits per heavy atom. The van der Waals surface area contributed by atoms with Crippen LogP contribution in [0.25, 0.3) is 0 Å². The first-order chi connectivity index (χ1) is 6.91. The molecule has 0 radical (unpaired) electrons. The molecule has 1 aliphatic heterocycles. The Balaban J connectivity index is 2.50. The lowest BCUT2D eigenvalue weighted by atomic mass is 9.91.